The average molecular weight is 351 g/mol. The molecule has 0 aromatic heterocycles. The smallest absolute Gasteiger partial charge is 0.368 e. The predicted molar refractivity (Wildman–Crippen MR) is 77.7 cm³/mol. The minimum absolute atomic E-state index is 0.311. The number of benzene rings is 1. The van der Waals surface area contributed by atoms with Crippen LogP contribution in [0.1, 0.15) is 25.3 Å². The fourth-order valence-electron chi connectivity index (χ4n) is 2.63. The fourth-order valence-corrected chi connectivity index (χ4v) is 3.23. The average Bonchev–Trinajstić information content (AvgIpc) is 2.38. The van der Waals surface area contributed by atoms with Crippen molar-refractivity contribution in [3.63, 3.8) is 0 Å². The molecule has 20 heavy (non-hydrogen) atoms. The van der Waals surface area contributed by atoms with Gasteiger partial charge < -0.3 is 10.6 Å². The van der Waals surface area contributed by atoms with Crippen molar-refractivity contribution in [1.82, 2.24) is 0 Å². The van der Waals surface area contributed by atoms with E-state index < -0.39 is 11.7 Å². The summed E-state index contributed by atoms with van der Waals surface area (Å²) in [5, 5.41) is 0. The van der Waals surface area contributed by atoms with Gasteiger partial charge in [0.15, 0.2) is 0 Å². The summed E-state index contributed by atoms with van der Waals surface area (Å²) in [7, 11) is 0. The number of hydrogen-bond acceptors (Lipinski definition) is 2. The standard InChI is InChI=1S/C14H18BrF3N2/c1-9-2-3-10(7-19)8-20(9)13-5-4-11(6-12(13)15)14(16,17)18/h4-6,9-10H,2-3,7-8,19H2,1H3. The number of halogens is 4. The van der Waals surface area contributed by atoms with Crippen molar-refractivity contribution >= 4 is 21.6 Å². The molecule has 2 nitrogen and oxygen atoms in total. The number of anilines is 1. The van der Waals surface area contributed by atoms with Gasteiger partial charge >= 0.3 is 6.18 Å². The Morgan fingerprint density at radius 1 is 1.35 bits per heavy atom. The van der Waals surface area contributed by atoms with Crippen LogP contribution in [0, 0.1) is 5.92 Å². The summed E-state index contributed by atoms with van der Waals surface area (Å²) >= 11 is 3.27. The molecule has 0 radical (unpaired) electrons. The molecule has 1 saturated heterocycles. The highest BCUT2D eigenvalue weighted by molar-refractivity contribution is 9.10. The van der Waals surface area contributed by atoms with Gasteiger partial charge in [0, 0.05) is 17.1 Å². The summed E-state index contributed by atoms with van der Waals surface area (Å²) in [5.41, 5.74) is 5.90. The normalized spacial score (nSPS) is 24.0. The zero-order valence-electron chi connectivity index (χ0n) is 11.3. The fraction of sp³-hybridized carbons (Fsp3) is 0.571. The summed E-state index contributed by atoms with van der Waals surface area (Å²) in [4.78, 5) is 2.14. The number of rotatable bonds is 2. The molecule has 0 aliphatic carbocycles. The summed E-state index contributed by atoms with van der Waals surface area (Å²) in [6, 6.07) is 4.14. The SMILES string of the molecule is CC1CCC(CN)CN1c1ccc(C(F)(F)F)cc1Br. The van der Waals surface area contributed by atoms with E-state index in [0.29, 0.717) is 23.0 Å². The van der Waals surface area contributed by atoms with Crippen LogP contribution in [0.2, 0.25) is 0 Å². The predicted octanol–water partition coefficient (Wildman–Crippen LogP) is 4.03. The second kappa shape index (κ2) is 5.93. The van der Waals surface area contributed by atoms with Gasteiger partial charge in [-0.2, -0.15) is 13.2 Å². The number of piperidine rings is 1. The van der Waals surface area contributed by atoms with E-state index in [4.69, 9.17) is 5.73 Å². The van der Waals surface area contributed by atoms with E-state index in [0.717, 1.165) is 37.2 Å². The van der Waals surface area contributed by atoms with Crippen molar-refractivity contribution in [1.29, 1.82) is 0 Å². The minimum atomic E-state index is -4.31. The van der Waals surface area contributed by atoms with E-state index in [1.54, 1.807) is 6.07 Å². The third kappa shape index (κ3) is 3.28. The van der Waals surface area contributed by atoms with Crippen LogP contribution in [0.25, 0.3) is 0 Å². The highest BCUT2D eigenvalue weighted by atomic mass is 79.9. The first-order valence-electron chi connectivity index (χ1n) is 6.66. The first-order chi connectivity index (χ1) is 9.32. The summed E-state index contributed by atoms with van der Waals surface area (Å²) < 4.78 is 38.5. The Morgan fingerprint density at radius 3 is 2.60 bits per heavy atom. The van der Waals surface area contributed by atoms with Crippen LogP contribution in [0.15, 0.2) is 22.7 Å². The molecule has 2 rings (SSSR count). The van der Waals surface area contributed by atoms with Crippen LogP contribution >= 0.6 is 15.9 Å². The number of nitrogens with zero attached hydrogens (tertiary/aromatic N) is 1. The first-order valence-corrected chi connectivity index (χ1v) is 7.45. The number of alkyl halides is 3. The Morgan fingerprint density at radius 2 is 2.05 bits per heavy atom. The van der Waals surface area contributed by atoms with Crippen molar-refractivity contribution < 1.29 is 13.2 Å². The molecule has 6 heteroatoms. The Balaban J connectivity index is 2.28. The van der Waals surface area contributed by atoms with Gasteiger partial charge in [-0.1, -0.05) is 0 Å². The topological polar surface area (TPSA) is 29.3 Å². The van der Waals surface area contributed by atoms with Gasteiger partial charge in [0.1, 0.15) is 0 Å². The van der Waals surface area contributed by atoms with Gasteiger partial charge in [0.05, 0.1) is 11.3 Å². The van der Waals surface area contributed by atoms with E-state index in [-0.39, 0.29) is 0 Å². The molecule has 2 N–H and O–H groups in total. The number of hydrogen-bond donors (Lipinski definition) is 1. The Bertz CT molecular complexity index is 476. The highest BCUT2D eigenvalue weighted by Gasteiger charge is 2.32. The van der Waals surface area contributed by atoms with Gasteiger partial charge in [-0.3, -0.25) is 0 Å². The molecular weight excluding hydrogens is 333 g/mol. The maximum Gasteiger partial charge on any atom is 0.416 e. The molecule has 1 fully saturated rings. The molecule has 1 heterocycles. The molecule has 1 aromatic carbocycles. The maximum absolute atomic E-state index is 12.7. The van der Waals surface area contributed by atoms with Crippen LogP contribution in [0.4, 0.5) is 18.9 Å². The third-order valence-electron chi connectivity index (χ3n) is 3.90. The van der Waals surface area contributed by atoms with Crippen molar-refractivity contribution in [2.75, 3.05) is 18.0 Å². The second-order valence-electron chi connectivity index (χ2n) is 5.34. The Hall–Kier alpha value is -0.750. The lowest BCUT2D eigenvalue weighted by Crippen LogP contribution is -2.44. The largest absolute Gasteiger partial charge is 0.416 e. The molecule has 2 atom stereocenters. The minimum Gasteiger partial charge on any atom is -0.368 e. The molecule has 0 bridgehead atoms. The summed E-state index contributed by atoms with van der Waals surface area (Å²) in [5.74, 6) is 0.403. The summed E-state index contributed by atoms with van der Waals surface area (Å²) in [6.45, 7) is 3.50. The molecule has 0 amide bonds. The Kier molecular flexibility index (Phi) is 4.64. The van der Waals surface area contributed by atoms with Gasteiger partial charge in [-0.05, 0) is 66.4 Å². The molecule has 2 unspecified atom stereocenters. The van der Waals surface area contributed by atoms with Gasteiger partial charge in [0.2, 0.25) is 0 Å². The molecule has 0 saturated carbocycles. The van der Waals surface area contributed by atoms with Crippen molar-refractivity contribution in [2.45, 2.75) is 32.0 Å². The van der Waals surface area contributed by atoms with E-state index in [1.165, 1.54) is 0 Å². The molecule has 112 valence electrons. The lowest BCUT2D eigenvalue weighted by molar-refractivity contribution is -0.137. The van der Waals surface area contributed by atoms with Crippen molar-refractivity contribution in [2.24, 2.45) is 11.7 Å². The lowest BCUT2D eigenvalue weighted by Gasteiger charge is -2.40. The van der Waals surface area contributed by atoms with Crippen LogP contribution in [0.5, 0.6) is 0 Å². The lowest BCUT2D eigenvalue weighted by atomic mass is 9.93. The maximum atomic E-state index is 12.7. The monoisotopic (exact) mass is 350 g/mol. The zero-order valence-corrected chi connectivity index (χ0v) is 12.8. The van der Waals surface area contributed by atoms with E-state index in [9.17, 15) is 13.2 Å². The molecular formula is C14H18BrF3N2. The molecule has 1 aromatic rings. The third-order valence-corrected chi connectivity index (χ3v) is 4.53. The highest BCUT2D eigenvalue weighted by Crippen LogP contribution is 2.37. The van der Waals surface area contributed by atoms with Crippen molar-refractivity contribution in [3.8, 4) is 0 Å². The van der Waals surface area contributed by atoms with Gasteiger partial charge in [-0.15, -0.1) is 0 Å². The van der Waals surface area contributed by atoms with Gasteiger partial charge in [-0.25, -0.2) is 0 Å². The number of nitrogens with two attached hydrogens (primary N) is 1. The quantitative estimate of drug-likeness (QED) is 0.872. The Labute approximate surface area is 125 Å². The van der Waals surface area contributed by atoms with E-state index in [1.807, 2.05) is 0 Å². The second-order valence-corrected chi connectivity index (χ2v) is 6.20. The van der Waals surface area contributed by atoms with E-state index >= 15 is 0 Å². The van der Waals surface area contributed by atoms with Crippen LogP contribution < -0.4 is 10.6 Å². The molecule has 1 aliphatic heterocycles. The van der Waals surface area contributed by atoms with Crippen LogP contribution in [-0.2, 0) is 6.18 Å². The molecule has 0 spiro atoms. The first kappa shape index (κ1) is 15.6. The van der Waals surface area contributed by atoms with Crippen LogP contribution in [0.3, 0.4) is 0 Å². The van der Waals surface area contributed by atoms with E-state index in [2.05, 4.69) is 27.8 Å². The molecule has 1 aliphatic rings. The van der Waals surface area contributed by atoms with Gasteiger partial charge in [0.25, 0.3) is 0 Å². The van der Waals surface area contributed by atoms with Crippen LogP contribution in [-0.4, -0.2) is 19.1 Å². The zero-order chi connectivity index (χ0) is 14.9. The van der Waals surface area contributed by atoms with Crippen molar-refractivity contribution in [3.05, 3.63) is 28.2 Å². The summed E-state index contributed by atoms with van der Waals surface area (Å²) in [6.07, 6.45) is -2.23.